The highest BCUT2D eigenvalue weighted by Gasteiger charge is 2.30. The van der Waals surface area contributed by atoms with Gasteiger partial charge in [-0.1, -0.05) is 19.8 Å². The average Bonchev–Trinajstić information content (AvgIpc) is 2.34. The maximum atomic E-state index is 11.8. The summed E-state index contributed by atoms with van der Waals surface area (Å²) >= 11 is 0. The zero-order valence-corrected chi connectivity index (χ0v) is 12.5. The number of carbonyl (C=O) groups excluding carboxylic acids is 1. The van der Waals surface area contributed by atoms with Crippen LogP contribution in [-0.2, 0) is 9.53 Å². The van der Waals surface area contributed by atoms with Crippen molar-refractivity contribution in [1.82, 2.24) is 5.32 Å². The van der Waals surface area contributed by atoms with Gasteiger partial charge in [-0.3, -0.25) is 4.79 Å². The highest BCUT2D eigenvalue weighted by molar-refractivity contribution is 5.76. The number of hydrogen-bond donors (Lipinski definition) is 2. The van der Waals surface area contributed by atoms with E-state index in [1.54, 1.807) is 0 Å². The van der Waals surface area contributed by atoms with Crippen LogP contribution in [-0.4, -0.2) is 31.2 Å². The molecule has 1 aliphatic carbocycles. The van der Waals surface area contributed by atoms with Crippen LogP contribution in [0.15, 0.2) is 0 Å². The molecule has 0 aromatic heterocycles. The Morgan fingerprint density at radius 3 is 2.63 bits per heavy atom. The van der Waals surface area contributed by atoms with Gasteiger partial charge < -0.3 is 15.8 Å². The molecule has 0 aromatic carbocycles. The van der Waals surface area contributed by atoms with Crippen molar-refractivity contribution in [2.24, 2.45) is 11.7 Å². The van der Waals surface area contributed by atoms with Crippen molar-refractivity contribution in [1.29, 1.82) is 0 Å². The SMILES string of the molecule is CCCC(CCN)CCC(=O)NC1CC(OCC)C1. The van der Waals surface area contributed by atoms with Crippen LogP contribution < -0.4 is 11.1 Å². The van der Waals surface area contributed by atoms with Gasteiger partial charge in [-0.25, -0.2) is 0 Å². The summed E-state index contributed by atoms with van der Waals surface area (Å²) in [6.07, 6.45) is 7.31. The number of nitrogens with two attached hydrogens (primary N) is 1. The van der Waals surface area contributed by atoms with E-state index in [-0.39, 0.29) is 5.91 Å². The molecule has 1 amide bonds. The second kappa shape index (κ2) is 9.32. The first-order chi connectivity index (χ1) is 9.19. The maximum absolute atomic E-state index is 11.8. The summed E-state index contributed by atoms with van der Waals surface area (Å²) in [6, 6.07) is 0.336. The molecule has 0 radical (unpaired) electrons. The third kappa shape index (κ3) is 6.39. The molecule has 4 nitrogen and oxygen atoms in total. The lowest BCUT2D eigenvalue weighted by Crippen LogP contribution is -2.47. The van der Waals surface area contributed by atoms with Crippen LogP contribution in [0.4, 0.5) is 0 Å². The summed E-state index contributed by atoms with van der Waals surface area (Å²) in [4.78, 5) is 11.8. The molecule has 4 heteroatoms. The largest absolute Gasteiger partial charge is 0.378 e. The van der Waals surface area contributed by atoms with E-state index in [0.717, 1.165) is 38.8 Å². The summed E-state index contributed by atoms with van der Waals surface area (Å²) in [5.41, 5.74) is 5.61. The van der Waals surface area contributed by atoms with Crippen molar-refractivity contribution in [2.75, 3.05) is 13.2 Å². The van der Waals surface area contributed by atoms with E-state index in [4.69, 9.17) is 10.5 Å². The summed E-state index contributed by atoms with van der Waals surface area (Å²) in [5.74, 6) is 0.802. The van der Waals surface area contributed by atoms with Gasteiger partial charge in [0.15, 0.2) is 0 Å². The Labute approximate surface area is 117 Å². The zero-order chi connectivity index (χ0) is 14.1. The number of amides is 1. The predicted octanol–water partition coefficient (Wildman–Crippen LogP) is 2.22. The van der Waals surface area contributed by atoms with Gasteiger partial charge in [-0.05, 0) is 45.1 Å². The molecule has 0 heterocycles. The van der Waals surface area contributed by atoms with Crippen LogP contribution >= 0.6 is 0 Å². The van der Waals surface area contributed by atoms with E-state index < -0.39 is 0 Å². The number of carbonyl (C=O) groups is 1. The highest BCUT2D eigenvalue weighted by atomic mass is 16.5. The Bertz CT molecular complexity index is 247. The molecule has 0 spiro atoms. The van der Waals surface area contributed by atoms with Crippen molar-refractivity contribution < 1.29 is 9.53 Å². The second-order valence-corrected chi connectivity index (χ2v) is 5.58. The van der Waals surface area contributed by atoms with E-state index >= 15 is 0 Å². The van der Waals surface area contributed by atoms with Crippen molar-refractivity contribution in [2.45, 2.75) is 70.9 Å². The summed E-state index contributed by atoms with van der Waals surface area (Å²) in [7, 11) is 0. The molecular weight excluding hydrogens is 240 g/mol. The Morgan fingerprint density at radius 2 is 2.05 bits per heavy atom. The Hall–Kier alpha value is -0.610. The number of ether oxygens (including phenoxy) is 1. The molecule has 3 N–H and O–H groups in total. The minimum absolute atomic E-state index is 0.193. The topological polar surface area (TPSA) is 64.4 Å². The number of nitrogens with one attached hydrogen (secondary N) is 1. The highest BCUT2D eigenvalue weighted by Crippen LogP contribution is 2.23. The molecule has 1 rings (SSSR count). The monoisotopic (exact) mass is 270 g/mol. The van der Waals surface area contributed by atoms with Gasteiger partial charge in [-0.2, -0.15) is 0 Å². The minimum Gasteiger partial charge on any atom is -0.378 e. The molecule has 0 aromatic rings. The van der Waals surface area contributed by atoms with Gasteiger partial charge in [-0.15, -0.1) is 0 Å². The standard InChI is InChI=1S/C15H30N2O2/c1-3-5-12(8-9-16)6-7-15(18)17-13-10-14(11-13)19-4-2/h12-14H,3-11,16H2,1-2H3,(H,17,18). The molecule has 19 heavy (non-hydrogen) atoms. The average molecular weight is 270 g/mol. The Kier molecular flexibility index (Phi) is 8.07. The van der Waals surface area contributed by atoms with Crippen molar-refractivity contribution in [3.05, 3.63) is 0 Å². The molecule has 1 saturated carbocycles. The third-order valence-corrected chi connectivity index (χ3v) is 3.91. The number of hydrogen-bond acceptors (Lipinski definition) is 3. The molecule has 0 saturated heterocycles. The lowest BCUT2D eigenvalue weighted by atomic mass is 9.88. The van der Waals surface area contributed by atoms with Crippen molar-refractivity contribution in [3.63, 3.8) is 0 Å². The Balaban J connectivity index is 2.10. The fourth-order valence-electron chi connectivity index (χ4n) is 2.77. The molecular formula is C15H30N2O2. The first-order valence-electron chi connectivity index (χ1n) is 7.80. The van der Waals surface area contributed by atoms with Gasteiger partial charge in [0.05, 0.1) is 6.10 Å². The molecule has 1 unspecified atom stereocenters. The van der Waals surface area contributed by atoms with Crippen LogP contribution in [0.5, 0.6) is 0 Å². The second-order valence-electron chi connectivity index (χ2n) is 5.58. The lowest BCUT2D eigenvalue weighted by molar-refractivity contribution is -0.124. The molecule has 0 aliphatic heterocycles. The first kappa shape index (κ1) is 16.4. The summed E-state index contributed by atoms with van der Waals surface area (Å²) < 4.78 is 5.49. The molecule has 1 atom stereocenters. The number of rotatable bonds is 10. The lowest BCUT2D eigenvalue weighted by Gasteiger charge is -2.35. The fraction of sp³-hybridized carbons (Fsp3) is 0.933. The third-order valence-electron chi connectivity index (χ3n) is 3.91. The minimum atomic E-state index is 0.193. The fourth-order valence-corrected chi connectivity index (χ4v) is 2.77. The van der Waals surface area contributed by atoms with Gasteiger partial charge in [0, 0.05) is 19.1 Å². The molecule has 1 aliphatic rings. The van der Waals surface area contributed by atoms with Gasteiger partial charge in [0.25, 0.3) is 0 Å². The van der Waals surface area contributed by atoms with E-state index in [0.29, 0.717) is 24.5 Å². The van der Waals surface area contributed by atoms with Gasteiger partial charge in [0.2, 0.25) is 5.91 Å². The molecule has 0 bridgehead atoms. The van der Waals surface area contributed by atoms with Gasteiger partial charge in [0.1, 0.15) is 0 Å². The predicted molar refractivity (Wildman–Crippen MR) is 77.9 cm³/mol. The smallest absolute Gasteiger partial charge is 0.220 e. The van der Waals surface area contributed by atoms with Crippen molar-refractivity contribution >= 4 is 5.91 Å². The van der Waals surface area contributed by atoms with Crippen LogP contribution in [0.1, 0.15) is 58.8 Å². The quantitative estimate of drug-likeness (QED) is 0.640. The van der Waals surface area contributed by atoms with E-state index in [1.165, 1.54) is 12.8 Å². The summed E-state index contributed by atoms with van der Waals surface area (Å²) in [6.45, 7) is 5.69. The van der Waals surface area contributed by atoms with Crippen LogP contribution in [0, 0.1) is 5.92 Å². The van der Waals surface area contributed by atoms with Gasteiger partial charge >= 0.3 is 0 Å². The van der Waals surface area contributed by atoms with Crippen LogP contribution in [0.2, 0.25) is 0 Å². The maximum Gasteiger partial charge on any atom is 0.220 e. The van der Waals surface area contributed by atoms with Crippen LogP contribution in [0.3, 0.4) is 0 Å². The zero-order valence-electron chi connectivity index (χ0n) is 12.5. The normalized spacial score (nSPS) is 23.7. The van der Waals surface area contributed by atoms with Crippen molar-refractivity contribution in [3.8, 4) is 0 Å². The molecule has 1 fully saturated rings. The Morgan fingerprint density at radius 1 is 1.32 bits per heavy atom. The first-order valence-corrected chi connectivity index (χ1v) is 7.80. The van der Waals surface area contributed by atoms with E-state index in [9.17, 15) is 4.79 Å². The van der Waals surface area contributed by atoms with E-state index in [1.807, 2.05) is 6.92 Å². The summed E-state index contributed by atoms with van der Waals surface area (Å²) in [5, 5.41) is 3.09. The van der Waals surface area contributed by atoms with E-state index in [2.05, 4.69) is 12.2 Å². The van der Waals surface area contributed by atoms with Crippen LogP contribution in [0.25, 0.3) is 0 Å². The molecule has 112 valence electrons.